The number of hydrogen-bond donors (Lipinski definition) is 0. The minimum absolute atomic E-state index is 0.838. The van der Waals surface area contributed by atoms with Crippen LogP contribution in [0.5, 0.6) is 5.75 Å². The number of hydrogen-bond acceptors (Lipinski definition) is 1. The van der Waals surface area contributed by atoms with Gasteiger partial charge < -0.3 is 4.74 Å². The van der Waals surface area contributed by atoms with Crippen LogP contribution in [0.15, 0.2) is 18.2 Å². The summed E-state index contributed by atoms with van der Waals surface area (Å²) in [5, 5.41) is 1.07. The highest BCUT2D eigenvalue weighted by molar-refractivity contribution is 9.09. The number of rotatable bonds is 5. The van der Waals surface area contributed by atoms with Crippen LogP contribution in [0, 0.1) is 0 Å². The van der Waals surface area contributed by atoms with Gasteiger partial charge in [-0.15, -0.1) is 0 Å². The van der Waals surface area contributed by atoms with E-state index in [1.54, 1.807) is 0 Å². The first kappa shape index (κ1) is 10.0. The van der Waals surface area contributed by atoms with E-state index < -0.39 is 0 Å². The molecule has 0 radical (unpaired) electrons. The molecule has 0 amide bonds. The van der Waals surface area contributed by atoms with Crippen molar-refractivity contribution in [2.24, 2.45) is 0 Å². The summed E-state index contributed by atoms with van der Waals surface area (Å²) in [5.74, 6) is 1.04. The molecule has 0 N–H and O–H groups in total. The molecule has 0 aliphatic heterocycles. The van der Waals surface area contributed by atoms with Crippen molar-refractivity contribution in [1.82, 2.24) is 0 Å². The maximum Gasteiger partial charge on any atom is 0.119 e. The predicted octanol–water partition coefficient (Wildman–Crippen LogP) is 3.34. The van der Waals surface area contributed by atoms with Gasteiger partial charge in [-0.05, 0) is 48.9 Å². The van der Waals surface area contributed by atoms with Gasteiger partial charge in [-0.25, -0.2) is 0 Å². The Bertz CT molecular complexity index is 309. The van der Waals surface area contributed by atoms with Crippen molar-refractivity contribution in [2.45, 2.75) is 25.7 Å². The van der Waals surface area contributed by atoms with Gasteiger partial charge in [0.05, 0.1) is 6.61 Å². The summed E-state index contributed by atoms with van der Waals surface area (Å²) in [6.07, 6.45) is 4.79. The Morgan fingerprint density at radius 2 is 2.00 bits per heavy atom. The molecule has 0 bridgehead atoms. The number of alkyl halides is 1. The third kappa shape index (κ3) is 2.30. The van der Waals surface area contributed by atoms with Crippen molar-refractivity contribution in [3.8, 4) is 5.75 Å². The van der Waals surface area contributed by atoms with Crippen LogP contribution in [0.25, 0.3) is 0 Å². The summed E-state index contributed by atoms with van der Waals surface area (Å²) in [7, 11) is 0. The van der Waals surface area contributed by atoms with Crippen LogP contribution in [0.4, 0.5) is 0 Å². The first-order valence-corrected chi connectivity index (χ1v) is 6.33. The molecular weight excluding hydrogens is 240 g/mol. The molecule has 0 saturated heterocycles. The van der Waals surface area contributed by atoms with Crippen LogP contribution in [-0.2, 0) is 12.8 Å². The fraction of sp³-hybridized carbons (Fsp3) is 0.500. The van der Waals surface area contributed by atoms with Gasteiger partial charge in [0.25, 0.3) is 0 Å². The molecule has 1 nitrogen and oxygen atoms in total. The van der Waals surface area contributed by atoms with E-state index in [-0.39, 0.29) is 0 Å². The van der Waals surface area contributed by atoms with Crippen molar-refractivity contribution < 1.29 is 4.74 Å². The Kier molecular flexibility index (Phi) is 3.46. The molecule has 1 aliphatic carbocycles. The molecule has 0 unspecified atom stereocenters. The van der Waals surface area contributed by atoms with E-state index in [4.69, 9.17) is 4.74 Å². The number of fused-ring (bicyclic) bond motifs is 1. The van der Waals surface area contributed by atoms with Crippen LogP contribution in [0.1, 0.15) is 24.0 Å². The van der Waals surface area contributed by atoms with Crippen molar-refractivity contribution in [3.05, 3.63) is 29.3 Å². The largest absolute Gasteiger partial charge is 0.494 e. The van der Waals surface area contributed by atoms with E-state index in [1.165, 1.54) is 30.4 Å². The molecule has 2 rings (SSSR count). The minimum Gasteiger partial charge on any atom is -0.494 e. The second-order valence-corrected chi connectivity index (χ2v) is 4.47. The molecule has 1 aliphatic rings. The van der Waals surface area contributed by atoms with E-state index in [9.17, 15) is 0 Å². The molecule has 14 heavy (non-hydrogen) atoms. The lowest BCUT2D eigenvalue weighted by atomic mass is 9.89. The van der Waals surface area contributed by atoms with Gasteiger partial charge in [0.15, 0.2) is 0 Å². The van der Waals surface area contributed by atoms with Gasteiger partial charge in [-0.3, -0.25) is 0 Å². The zero-order valence-corrected chi connectivity index (χ0v) is 9.85. The summed E-state index contributed by atoms with van der Waals surface area (Å²) in [6.45, 7) is 0.838. The first-order valence-electron chi connectivity index (χ1n) is 5.21. The fourth-order valence-corrected chi connectivity index (χ4v) is 2.04. The van der Waals surface area contributed by atoms with E-state index in [2.05, 4.69) is 34.1 Å². The van der Waals surface area contributed by atoms with Gasteiger partial charge >= 0.3 is 0 Å². The van der Waals surface area contributed by atoms with Crippen LogP contribution in [0.2, 0.25) is 0 Å². The summed E-state index contributed by atoms with van der Waals surface area (Å²) < 4.78 is 5.66. The maximum atomic E-state index is 5.66. The van der Waals surface area contributed by atoms with Gasteiger partial charge in [0, 0.05) is 5.33 Å². The molecule has 1 aromatic carbocycles. The topological polar surface area (TPSA) is 9.23 Å². The normalized spacial score (nSPS) is 13.2. The van der Waals surface area contributed by atoms with Crippen molar-refractivity contribution in [1.29, 1.82) is 0 Å². The van der Waals surface area contributed by atoms with Gasteiger partial charge in [-0.2, -0.15) is 0 Å². The Morgan fingerprint density at radius 1 is 1.14 bits per heavy atom. The third-order valence-electron chi connectivity index (χ3n) is 2.64. The van der Waals surface area contributed by atoms with Crippen molar-refractivity contribution in [3.63, 3.8) is 0 Å². The molecule has 0 atom stereocenters. The van der Waals surface area contributed by atoms with Gasteiger partial charge in [0.2, 0.25) is 0 Å². The SMILES string of the molecule is BrCCCCOc1ccc2c(c1)CC2. The average molecular weight is 255 g/mol. The lowest BCUT2D eigenvalue weighted by molar-refractivity contribution is 0.309. The van der Waals surface area contributed by atoms with Crippen molar-refractivity contribution >= 4 is 15.9 Å². The van der Waals surface area contributed by atoms with Crippen LogP contribution >= 0.6 is 15.9 Å². The zero-order valence-electron chi connectivity index (χ0n) is 8.26. The Balaban J connectivity index is 1.81. The Labute approximate surface area is 93.6 Å². The van der Waals surface area contributed by atoms with Gasteiger partial charge in [0.1, 0.15) is 5.75 Å². The number of ether oxygens (including phenoxy) is 1. The molecular formula is C12H15BrO. The summed E-state index contributed by atoms with van der Waals surface area (Å²) in [6, 6.07) is 6.47. The maximum absolute atomic E-state index is 5.66. The highest BCUT2D eigenvalue weighted by Crippen LogP contribution is 2.26. The lowest BCUT2D eigenvalue weighted by Crippen LogP contribution is -2.08. The van der Waals surface area contributed by atoms with E-state index >= 15 is 0 Å². The Morgan fingerprint density at radius 3 is 2.64 bits per heavy atom. The molecule has 76 valence electrons. The predicted molar refractivity (Wildman–Crippen MR) is 62.4 cm³/mol. The molecule has 0 aromatic heterocycles. The number of aryl methyl sites for hydroxylation is 2. The fourth-order valence-electron chi connectivity index (χ4n) is 1.65. The van der Waals surface area contributed by atoms with E-state index in [0.29, 0.717) is 0 Å². The molecule has 1 aromatic rings. The summed E-state index contributed by atoms with van der Waals surface area (Å²) >= 11 is 3.41. The zero-order chi connectivity index (χ0) is 9.80. The average Bonchev–Trinajstić information content (AvgIpc) is 2.16. The van der Waals surface area contributed by atoms with Crippen LogP contribution in [0.3, 0.4) is 0 Å². The molecule has 0 saturated carbocycles. The lowest BCUT2D eigenvalue weighted by Gasteiger charge is -2.19. The molecule has 0 heterocycles. The molecule has 2 heteroatoms. The summed E-state index contributed by atoms with van der Waals surface area (Å²) in [4.78, 5) is 0. The second kappa shape index (κ2) is 4.83. The second-order valence-electron chi connectivity index (χ2n) is 3.68. The highest BCUT2D eigenvalue weighted by atomic mass is 79.9. The number of unbranched alkanes of at least 4 members (excludes halogenated alkanes) is 1. The van der Waals surface area contributed by atoms with E-state index in [1.807, 2.05) is 0 Å². The quantitative estimate of drug-likeness (QED) is 0.579. The first-order chi connectivity index (χ1) is 6.90. The third-order valence-corrected chi connectivity index (χ3v) is 3.20. The standard InChI is InChI=1S/C12H15BrO/c13-7-1-2-8-14-12-6-5-10-3-4-11(10)9-12/h5-6,9H,1-4,7-8H2. The number of benzene rings is 1. The number of halogens is 1. The van der Waals surface area contributed by atoms with Gasteiger partial charge in [-0.1, -0.05) is 22.0 Å². The minimum atomic E-state index is 0.838. The van der Waals surface area contributed by atoms with Crippen LogP contribution < -0.4 is 4.74 Å². The van der Waals surface area contributed by atoms with Crippen molar-refractivity contribution in [2.75, 3.05) is 11.9 Å². The Hall–Kier alpha value is -0.500. The monoisotopic (exact) mass is 254 g/mol. The smallest absolute Gasteiger partial charge is 0.119 e. The van der Waals surface area contributed by atoms with E-state index in [0.717, 1.165) is 24.1 Å². The summed E-state index contributed by atoms with van der Waals surface area (Å²) in [5.41, 5.74) is 2.97. The molecule has 0 spiro atoms. The molecule has 0 fully saturated rings. The van der Waals surface area contributed by atoms with Crippen LogP contribution in [-0.4, -0.2) is 11.9 Å². The highest BCUT2D eigenvalue weighted by Gasteiger charge is 2.12.